The molecule has 42 heavy (non-hydrogen) atoms. The summed E-state index contributed by atoms with van der Waals surface area (Å²) in [6.45, 7) is 2.75. The van der Waals surface area contributed by atoms with Crippen molar-refractivity contribution in [1.82, 2.24) is 4.90 Å². The first-order valence-electron chi connectivity index (χ1n) is 15.8. The molecule has 0 radical (unpaired) electrons. The highest BCUT2D eigenvalue weighted by Gasteiger charge is 2.20. The highest BCUT2D eigenvalue weighted by Crippen LogP contribution is 2.26. The molecule has 1 aliphatic rings. The van der Waals surface area contributed by atoms with E-state index in [-0.39, 0.29) is 18.1 Å². The molecule has 1 atom stereocenters. The number of aromatic carboxylic acids is 1. The summed E-state index contributed by atoms with van der Waals surface area (Å²) in [7, 11) is 0. The summed E-state index contributed by atoms with van der Waals surface area (Å²) in [5.41, 5.74) is 2.39. The zero-order chi connectivity index (χ0) is 29.8. The van der Waals surface area contributed by atoms with Crippen molar-refractivity contribution in [2.75, 3.05) is 19.7 Å². The van der Waals surface area contributed by atoms with E-state index in [2.05, 4.69) is 29.2 Å². The fourth-order valence-corrected chi connectivity index (χ4v) is 5.58. The molecule has 2 N–H and O–H groups in total. The third-order valence-electron chi connectivity index (χ3n) is 8.02. The Kier molecular flexibility index (Phi) is 15.7. The second kappa shape index (κ2) is 19.8. The average Bonchev–Trinajstić information content (AvgIpc) is 2.99. The van der Waals surface area contributed by atoms with E-state index in [0.717, 1.165) is 30.7 Å². The maximum atomic E-state index is 11.4. The Morgan fingerprint density at radius 2 is 1.33 bits per heavy atom. The maximum absolute atomic E-state index is 11.4. The predicted molar refractivity (Wildman–Crippen MR) is 168 cm³/mol. The van der Waals surface area contributed by atoms with Crippen LogP contribution in [0.4, 0.5) is 0 Å². The first-order chi connectivity index (χ1) is 20.5. The monoisotopic (exact) mass is 575 g/mol. The van der Waals surface area contributed by atoms with E-state index in [0.29, 0.717) is 25.4 Å². The third kappa shape index (κ3) is 13.6. The van der Waals surface area contributed by atoms with E-state index >= 15 is 0 Å². The van der Waals surface area contributed by atoms with Gasteiger partial charge in [0, 0.05) is 19.5 Å². The van der Waals surface area contributed by atoms with Crippen LogP contribution in [0.1, 0.15) is 105 Å². The van der Waals surface area contributed by atoms with Crippen molar-refractivity contribution in [2.45, 2.75) is 89.7 Å². The lowest BCUT2D eigenvalue weighted by molar-refractivity contribution is -0.137. The Balaban J connectivity index is 1.82. The van der Waals surface area contributed by atoms with Crippen molar-refractivity contribution < 1.29 is 24.5 Å². The Morgan fingerprint density at radius 3 is 1.90 bits per heavy atom. The number of unbranched alkanes of at least 4 members (excludes halogenated alkanes) is 1. The second-order valence-corrected chi connectivity index (χ2v) is 11.5. The van der Waals surface area contributed by atoms with E-state index < -0.39 is 11.9 Å². The van der Waals surface area contributed by atoms with Crippen molar-refractivity contribution >= 4 is 11.9 Å². The summed E-state index contributed by atoms with van der Waals surface area (Å²) in [6, 6.07) is 25.4. The maximum Gasteiger partial charge on any atom is 0.335 e. The number of hydrogen-bond donors (Lipinski definition) is 2. The average molecular weight is 576 g/mol. The number of hydrogen-bond acceptors (Lipinski definition) is 4. The molecule has 2 aromatic carbocycles. The molecule has 0 aliphatic heterocycles. The normalized spacial score (nSPS) is 15.5. The Morgan fingerprint density at radius 1 is 0.762 bits per heavy atom. The molecule has 0 aromatic heterocycles. The van der Waals surface area contributed by atoms with Crippen LogP contribution in [-0.4, -0.2) is 46.7 Å². The van der Waals surface area contributed by atoms with E-state index in [1.165, 1.54) is 57.8 Å². The van der Waals surface area contributed by atoms with Gasteiger partial charge in [-0.3, -0.25) is 9.69 Å². The summed E-state index contributed by atoms with van der Waals surface area (Å²) < 4.78 is 6.81. The van der Waals surface area contributed by atoms with Gasteiger partial charge in [-0.2, -0.15) is 0 Å². The molecular weight excluding hydrogens is 526 g/mol. The first kappa shape index (κ1) is 33.3. The van der Waals surface area contributed by atoms with Gasteiger partial charge in [-0.1, -0.05) is 112 Å². The molecule has 1 saturated carbocycles. The summed E-state index contributed by atoms with van der Waals surface area (Å²) in [6.07, 6.45) is 13.0. The fraction of sp³-hybridized carbons (Fsp3) is 0.500. The lowest BCUT2D eigenvalue weighted by Crippen LogP contribution is -2.31. The van der Waals surface area contributed by atoms with Crippen LogP contribution in [0, 0.1) is 5.92 Å². The number of rotatable bonds is 14. The number of aliphatic carboxylic acids is 1. The van der Waals surface area contributed by atoms with Crippen LogP contribution in [0.2, 0.25) is 0 Å². The highest BCUT2D eigenvalue weighted by molar-refractivity contribution is 5.87. The second-order valence-electron chi connectivity index (χ2n) is 11.5. The third-order valence-corrected chi connectivity index (χ3v) is 8.02. The molecule has 0 amide bonds. The van der Waals surface area contributed by atoms with E-state index in [9.17, 15) is 14.7 Å². The van der Waals surface area contributed by atoms with Crippen molar-refractivity contribution in [3.8, 4) is 0 Å². The van der Waals surface area contributed by atoms with Gasteiger partial charge >= 0.3 is 11.9 Å². The van der Waals surface area contributed by atoms with Gasteiger partial charge in [-0.05, 0) is 61.4 Å². The molecule has 1 fully saturated rings. The molecule has 6 heteroatoms. The van der Waals surface area contributed by atoms with Crippen molar-refractivity contribution in [1.29, 1.82) is 0 Å². The summed E-state index contributed by atoms with van der Waals surface area (Å²) >= 11 is 0. The van der Waals surface area contributed by atoms with Gasteiger partial charge < -0.3 is 14.9 Å². The topological polar surface area (TPSA) is 87.1 Å². The van der Waals surface area contributed by atoms with Crippen LogP contribution >= 0.6 is 0 Å². The van der Waals surface area contributed by atoms with Gasteiger partial charge in [-0.15, -0.1) is 0 Å². The molecule has 6 nitrogen and oxygen atoms in total. The molecule has 0 heterocycles. The van der Waals surface area contributed by atoms with Gasteiger partial charge in [0.05, 0.1) is 18.3 Å². The standard InChI is InChI=1S/C36H49NO5/c38-35(39)21-15-16-26-37(27-30-22-24-33(25-23-30)36(40)41)28-34(32-19-13-9-5-2-6-10-14-20-32)42-29-31-17-11-7-3-1-4-8-12-18-31/h2,5-6,9-10,13-14,19-20,22-25,31,34H,1,3-4,7-8,11-12,15-18,21,26-29H2,(H,38,39)(H,40,41). The molecule has 3 rings (SSSR count). The number of carbonyl (C=O) groups is 2. The van der Waals surface area contributed by atoms with Crippen LogP contribution in [0.15, 0.2) is 78.9 Å². The van der Waals surface area contributed by atoms with Crippen molar-refractivity contribution in [3.05, 3.63) is 95.6 Å². The molecular formula is C36H49NO5. The Hall–Kier alpha value is -3.22. The summed E-state index contributed by atoms with van der Waals surface area (Å²) in [4.78, 5) is 24.8. The van der Waals surface area contributed by atoms with Crippen LogP contribution in [0.5, 0.6) is 0 Å². The number of carboxylic acid groups (broad SMARTS) is 2. The molecule has 0 bridgehead atoms. The molecule has 0 saturated heterocycles. The molecule has 0 spiro atoms. The predicted octanol–water partition coefficient (Wildman–Crippen LogP) is 8.46. The zero-order valence-electron chi connectivity index (χ0n) is 25.0. The lowest BCUT2D eigenvalue weighted by Gasteiger charge is -2.29. The molecule has 1 unspecified atom stereocenters. The Bertz CT molecular complexity index is 1080. The van der Waals surface area contributed by atoms with Crippen LogP contribution < -0.4 is 0 Å². The molecule has 1 aliphatic carbocycles. The van der Waals surface area contributed by atoms with E-state index in [1.54, 1.807) is 12.1 Å². The minimum Gasteiger partial charge on any atom is -0.481 e. The Labute approximate surface area is 252 Å². The van der Waals surface area contributed by atoms with Crippen LogP contribution in [0.25, 0.3) is 0 Å². The van der Waals surface area contributed by atoms with Crippen LogP contribution in [-0.2, 0) is 16.1 Å². The molecule has 228 valence electrons. The van der Waals surface area contributed by atoms with Gasteiger partial charge in [0.2, 0.25) is 0 Å². The van der Waals surface area contributed by atoms with Crippen molar-refractivity contribution in [3.63, 3.8) is 0 Å². The quantitative estimate of drug-likeness (QED) is 0.220. The largest absolute Gasteiger partial charge is 0.481 e. The van der Waals surface area contributed by atoms with E-state index in [4.69, 9.17) is 9.84 Å². The van der Waals surface area contributed by atoms with Gasteiger partial charge in [0.15, 0.2) is 0 Å². The summed E-state index contributed by atoms with van der Waals surface area (Å²) in [5, 5.41) is 18.5. The van der Waals surface area contributed by atoms with E-state index in [1.807, 2.05) is 42.5 Å². The minimum atomic E-state index is -0.937. The zero-order valence-corrected chi connectivity index (χ0v) is 25.0. The highest BCUT2D eigenvalue weighted by atomic mass is 16.5. The first-order valence-corrected chi connectivity index (χ1v) is 15.8. The smallest absolute Gasteiger partial charge is 0.335 e. The molecule has 2 aromatic rings. The minimum absolute atomic E-state index is 0.154. The number of benzene rings is 1. The van der Waals surface area contributed by atoms with Crippen LogP contribution in [0.3, 0.4) is 0 Å². The van der Waals surface area contributed by atoms with Gasteiger partial charge in [0.25, 0.3) is 0 Å². The van der Waals surface area contributed by atoms with Gasteiger partial charge in [-0.25, -0.2) is 4.79 Å². The lowest BCUT2D eigenvalue weighted by atomic mass is 9.93. The summed E-state index contributed by atoms with van der Waals surface area (Å²) in [5.74, 6) is -1.16. The van der Waals surface area contributed by atoms with Crippen molar-refractivity contribution in [2.24, 2.45) is 5.92 Å². The number of nitrogens with zero attached hydrogens (tertiary/aromatic N) is 1. The number of carboxylic acids is 2. The number of ether oxygens (including phenoxy) is 1. The van der Waals surface area contributed by atoms with Gasteiger partial charge in [0.1, 0.15) is 0 Å². The fourth-order valence-electron chi connectivity index (χ4n) is 5.58. The SMILES string of the molecule is O=C(O)CCCCN(Cc1ccc(C(=O)O)cc1)CC(OCC1CCCCCCCCC1)c1ccccccccc1.